The van der Waals surface area contributed by atoms with Gasteiger partial charge >= 0.3 is 0 Å². The van der Waals surface area contributed by atoms with Gasteiger partial charge in [0.2, 0.25) is 0 Å². The van der Waals surface area contributed by atoms with E-state index in [2.05, 4.69) is 52.6 Å². The van der Waals surface area contributed by atoms with Crippen LogP contribution in [0.1, 0.15) is 44.1 Å². The monoisotopic (exact) mass is 347 g/mol. The van der Waals surface area contributed by atoms with Crippen molar-refractivity contribution >= 4 is 15.9 Å². The molecule has 1 nitrogen and oxygen atoms in total. The van der Waals surface area contributed by atoms with Crippen molar-refractivity contribution in [3.63, 3.8) is 0 Å². The molecule has 5 rings (SSSR count). The van der Waals surface area contributed by atoms with Crippen LogP contribution in [-0.4, -0.2) is 13.1 Å². The molecule has 4 bridgehead atoms. The summed E-state index contributed by atoms with van der Waals surface area (Å²) in [6.07, 6.45) is 10.2. The van der Waals surface area contributed by atoms with Crippen LogP contribution in [0.5, 0.6) is 0 Å². The molecular weight excluding hydrogens is 322 g/mol. The Kier molecular flexibility index (Phi) is 3.66. The molecule has 0 amide bonds. The van der Waals surface area contributed by atoms with Gasteiger partial charge in [-0.3, -0.25) is 0 Å². The van der Waals surface area contributed by atoms with E-state index >= 15 is 0 Å². The molecule has 4 saturated carbocycles. The molecule has 0 radical (unpaired) electrons. The highest BCUT2D eigenvalue weighted by Crippen LogP contribution is 2.61. The quantitative estimate of drug-likeness (QED) is 0.824. The van der Waals surface area contributed by atoms with Crippen LogP contribution < -0.4 is 5.32 Å². The van der Waals surface area contributed by atoms with Gasteiger partial charge in [-0.2, -0.15) is 0 Å². The normalized spacial score (nSPS) is 38.7. The average molecular weight is 348 g/mol. The van der Waals surface area contributed by atoms with Crippen LogP contribution in [0, 0.1) is 23.2 Å². The Balaban J connectivity index is 1.58. The molecule has 0 heterocycles. The Morgan fingerprint density at radius 2 is 1.76 bits per heavy atom. The summed E-state index contributed by atoms with van der Waals surface area (Å²) in [6, 6.07) is 9.54. The van der Waals surface area contributed by atoms with Gasteiger partial charge in [-0.05, 0) is 92.9 Å². The van der Waals surface area contributed by atoms with E-state index in [0.717, 1.165) is 17.8 Å². The summed E-state index contributed by atoms with van der Waals surface area (Å²) >= 11 is 3.62. The number of hydrogen-bond donors (Lipinski definition) is 1. The van der Waals surface area contributed by atoms with Crippen LogP contribution in [0.3, 0.4) is 0 Å². The first-order valence-corrected chi connectivity index (χ1v) is 9.38. The molecular formula is C19H26BrN. The molecule has 0 aliphatic heterocycles. The first kappa shape index (κ1) is 14.3. The van der Waals surface area contributed by atoms with Crippen LogP contribution in [0.2, 0.25) is 0 Å². The van der Waals surface area contributed by atoms with Crippen molar-refractivity contribution < 1.29 is 0 Å². The largest absolute Gasteiger partial charge is 0.316 e. The molecule has 0 saturated heterocycles. The summed E-state index contributed by atoms with van der Waals surface area (Å²) in [4.78, 5) is 0. The summed E-state index contributed by atoms with van der Waals surface area (Å²) in [7, 11) is 2.18. The highest BCUT2D eigenvalue weighted by molar-refractivity contribution is 9.10. The Bertz CT molecular complexity index is 489. The first-order chi connectivity index (χ1) is 10.2. The molecule has 1 aromatic carbocycles. The van der Waals surface area contributed by atoms with E-state index < -0.39 is 0 Å². The van der Waals surface area contributed by atoms with E-state index in [1.54, 1.807) is 0 Å². The molecule has 21 heavy (non-hydrogen) atoms. The van der Waals surface area contributed by atoms with E-state index in [4.69, 9.17) is 0 Å². The SMILES string of the molecule is CNC(Cc1cccc(Br)c1)C12CC3CC(CC(C3)C1)C2. The van der Waals surface area contributed by atoms with Gasteiger partial charge < -0.3 is 5.32 Å². The van der Waals surface area contributed by atoms with Crippen molar-refractivity contribution in [2.24, 2.45) is 23.2 Å². The van der Waals surface area contributed by atoms with Crippen LogP contribution in [0.25, 0.3) is 0 Å². The number of halogens is 1. The van der Waals surface area contributed by atoms with E-state index in [1.807, 2.05) is 0 Å². The maximum Gasteiger partial charge on any atom is 0.0178 e. The molecule has 4 aliphatic rings. The zero-order valence-electron chi connectivity index (χ0n) is 12.9. The van der Waals surface area contributed by atoms with E-state index in [-0.39, 0.29) is 0 Å². The van der Waals surface area contributed by atoms with Crippen molar-refractivity contribution in [2.45, 2.75) is 51.0 Å². The number of benzene rings is 1. The van der Waals surface area contributed by atoms with Gasteiger partial charge in [0.05, 0.1) is 0 Å². The summed E-state index contributed by atoms with van der Waals surface area (Å²) < 4.78 is 1.21. The maximum atomic E-state index is 3.71. The number of rotatable bonds is 4. The van der Waals surface area contributed by atoms with Gasteiger partial charge in [0.1, 0.15) is 0 Å². The van der Waals surface area contributed by atoms with Gasteiger partial charge in [0.15, 0.2) is 0 Å². The van der Waals surface area contributed by atoms with Gasteiger partial charge in [0, 0.05) is 10.5 Å². The van der Waals surface area contributed by atoms with Crippen LogP contribution in [0.4, 0.5) is 0 Å². The molecule has 2 heteroatoms. The fraction of sp³-hybridized carbons (Fsp3) is 0.684. The topological polar surface area (TPSA) is 12.0 Å². The van der Waals surface area contributed by atoms with Crippen LogP contribution in [-0.2, 0) is 6.42 Å². The number of likely N-dealkylation sites (N-methyl/N-ethyl adjacent to an activating group) is 1. The second-order valence-electron chi connectivity index (χ2n) is 7.96. The third-order valence-electron chi connectivity index (χ3n) is 6.50. The Labute approximate surface area is 137 Å². The molecule has 1 unspecified atom stereocenters. The third kappa shape index (κ3) is 2.59. The second-order valence-corrected chi connectivity index (χ2v) is 8.87. The lowest BCUT2D eigenvalue weighted by molar-refractivity contribution is -0.0724. The van der Waals surface area contributed by atoms with Gasteiger partial charge in [0.25, 0.3) is 0 Å². The van der Waals surface area contributed by atoms with Gasteiger partial charge in [-0.15, -0.1) is 0 Å². The summed E-state index contributed by atoms with van der Waals surface area (Å²) in [5.74, 6) is 3.11. The number of nitrogens with one attached hydrogen (secondary N) is 1. The zero-order valence-corrected chi connectivity index (χ0v) is 14.5. The van der Waals surface area contributed by atoms with Gasteiger partial charge in [-0.1, -0.05) is 28.1 Å². The molecule has 114 valence electrons. The van der Waals surface area contributed by atoms with Crippen LogP contribution >= 0.6 is 15.9 Å². The highest BCUT2D eigenvalue weighted by atomic mass is 79.9. The van der Waals surface area contributed by atoms with E-state index in [9.17, 15) is 0 Å². The minimum absolute atomic E-state index is 0.589. The smallest absolute Gasteiger partial charge is 0.0178 e. The molecule has 4 fully saturated rings. The molecule has 1 atom stereocenters. The first-order valence-electron chi connectivity index (χ1n) is 8.58. The molecule has 0 spiro atoms. The highest BCUT2D eigenvalue weighted by Gasteiger charge is 2.53. The fourth-order valence-corrected chi connectivity index (χ4v) is 6.58. The minimum atomic E-state index is 0.589. The van der Waals surface area contributed by atoms with Crippen molar-refractivity contribution in [3.8, 4) is 0 Å². The Hall–Kier alpha value is -0.340. The lowest BCUT2D eigenvalue weighted by Crippen LogP contribution is -2.56. The summed E-state index contributed by atoms with van der Waals surface area (Å²) in [5.41, 5.74) is 2.06. The predicted octanol–water partition coefficient (Wildman–Crippen LogP) is 4.80. The molecule has 4 aliphatic carbocycles. The lowest BCUT2D eigenvalue weighted by atomic mass is 9.47. The molecule has 1 aromatic rings. The van der Waals surface area contributed by atoms with E-state index in [1.165, 1.54) is 55.0 Å². The Morgan fingerprint density at radius 3 is 2.29 bits per heavy atom. The summed E-state index contributed by atoms with van der Waals surface area (Å²) in [6.45, 7) is 0. The van der Waals surface area contributed by atoms with Crippen molar-refractivity contribution in [1.82, 2.24) is 5.32 Å². The third-order valence-corrected chi connectivity index (χ3v) is 7.00. The zero-order chi connectivity index (χ0) is 14.4. The van der Waals surface area contributed by atoms with Crippen molar-refractivity contribution in [2.75, 3.05) is 7.05 Å². The molecule has 1 N–H and O–H groups in total. The Morgan fingerprint density at radius 1 is 1.14 bits per heavy atom. The molecule has 0 aromatic heterocycles. The summed E-state index contributed by atoms with van der Waals surface area (Å²) in [5, 5.41) is 3.71. The predicted molar refractivity (Wildman–Crippen MR) is 91.3 cm³/mol. The van der Waals surface area contributed by atoms with Crippen molar-refractivity contribution in [3.05, 3.63) is 34.3 Å². The average Bonchev–Trinajstić information content (AvgIpc) is 2.43. The lowest BCUT2D eigenvalue weighted by Gasteiger charge is -2.59. The minimum Gasteiger partial charge on any atom is -0.316 e. The van der Waals surface area contributed by atoms with Gasteiger partial charge in [-0.25, -0.2) is 0 Å². The number of hydrogen-bond acceptors (Lipinski definition) is 1. The fourth-order valence-electron chi connectivity index (χ4n) is 6.13. The van der Waals surface area contributed by atoms with Crippen molar-refractivity contribution in [1.29, 1.82) is 0 Å². The standard InChI is InChI=1S/C19H26BrN/c1-21-18(9-13-3-2-4-17(20)8-13)19-10-14-5-15(11-19)7-16(6-14)12-19/h2-4,8,14-16,18,21H,5-7,9-12H2,1H3. The maximum absolute atomic E-state index is 3.71. The van der Waals surface area contributed by atoms with E-state index in [0.29, 0.717) is 11.5 Å². The second kappa shape index (κ2) is 5.38. The van der Waals surface area contributed by atoms with Crippen LogP contribution in [0.15, 0.2) is 28.7 Å².